The first kappa shape index (κ1) is 16.5. The lowest BCUT2D eigenvalue weighted by Gasteiger charge is -2.20. The molecule has 0 aliphatic carbocycles. The quantitative estimate of drug-likeness (QED) is 0.672. The van der Waals surface area contributed by atoms with Crippen molar-refractivity contribution in [3.63, 3.8) is 0 Å². The highest BCUT2D eigenvalue weighted by Gasteiger charge is 2.33. The van der Waals surface area contributed by atoms with Crippen LogP contribution in [0.1, 0.15) is 41.6 Å². The maximum Gasteiger partial charge on any atom is 0.127 e. The van der Waals surface area contributed by atoms with Crippen molar-refractivity contribution in [3.05, 3.63) is 107 Å². The summed E-state index contributed by atoms with van der Waals surface area (Å²) in [5.41, 5.74) is 3.00. The zero-order valence-electron chi connectivity index (χ0n) is 14.6. The van der Waals surface area contributed by atoms with Gasteiger partial charge in [0.1, 0.15) is 17.7 Å². The van der Waals surface area contributed by atoms with Gasteiger partial charge in [0, 0.05) is 5.92 Å². The average molecular weight is 344 g/mol. The summed E-state index contributed by atoms with van der Waals surface area (Å²) in [5, 5.41) is 3.56. The van der Waals surface area contributed by atoms with Crippen molar-refractivity contribution in [3.8, 4) is 0 Å². The minimum absolute atomic E-state index is 0.0252. The van der Waals surface area contributed by atoms with Crippen molar-refractivity contribution in [1.82, 2.24) is 5.32 Å². The molecule has 3 heteroatoms. The number of hydrogen-bond donors (Lipinski definition) is 1. The van der Waals surface area contributed by atoms with Crippen LogP contribution in [-0.4, -0.2) is 5.84 Å². The van der Waals surface area contributed by atoms with Crippen molar-refractivity contribution < 1.29 is 4.39 Å². The molecule has 3 atom stereocenters. The second kappa shape index (κ2) is 7.12. The first-order valence-electron chi connectivity index (χ1n) is 8.92. The molecule has 0 fully saturated rings. The fourth-order valence-corrected chi connectivity index (χ4v) is 3.55. The zero-order valence-corrected chi connectivity index (χ0v) is 14.6. The molecule has 1 aliphatic rings. The molecule has 1 N–H and O–H groups in total. The number of nitrogens with one attached hydrogen (secondary N) is 1. The smallest absolute Gasteiger partial charge is 0.127 e. The molecule has 0 bridgehead atoms. The van der Waals surface area contributed by atoms with Crippen LogP contribution in [0.2, 0.25) is 0 Å². The normalized spacial score (nSPS) is 20.3. The summed E-state index contributed by atoms with van der Waals surface area (Å²) >= 11 is 0. The minimum Gasteiger partial charge on any atom is -0.364 e. The Balaban J connectivity index is 1.72. The lowest BCUT2D eigenvalue weighted by atomic mass is 9.95. The zero-order chi connectivity index (χ0) is 17.9. The van der Waals surface area contributed by atoms with E-state index >= 15 is 0 Å². The Kier molecular flexibility index (Phi) is 4.53. The molecule has 0 saturated carbocycles. The standard InChI is InChI=1S/C23H21FN2/c1-16(19-14-8-9-15-20(19)24)23-25-21(17-10-4-2-5-11-17)22(26-23)18-12-6-3-7-13-18/h2-16,21-22H,1H3,(H,25,26). The molecule has 3 aromatic rings. The lowest BCUT2D eigenvalue weighted by Crippen LogP contribution is -2.28. The second-order valence-corrected chi connectivity index (χ2v) is 6.65. The van der Waals surface area contributed by atoms with E-state index in [1.807, 2.05) is 55.5 Å². The van der Waals surface area contributed by atoms with Gasteiger partial charge in [0.05, 0.1) is 6.04 Å². The van der Waals surface area contributed by atoms with Crippen LogP contribution >= 0.6 is 0 Å². The number of amidine groups is 1. The molecule has 130 valence electrons. The molecule has 26 heavy (non-hydrogen) atoms. The third kappa shape index (κ3) is 3.13. The Morgan fingerprint density at radius 3 is 2.04 bits per heavy atom. The second-order valence-electron chi connectivity index (χ2n) is 6.65. The monoisotopic (exact) mass is 344 g/mol. The topological polar surface area (TPSA) is 24.4 Å². The molecule has 0 aromatic heterocycles. The van der Waals surface area contributed by atoms with Crippen LogP contribution in [0, 0.1) is 5.82 Å². The summed E-state index contributed by atoms with van der Waals surface area (Å²) in [5.74, 6) is 0.512. The molecular formula is C23H21FN2. The largest absolute Gasteiger partial charge is 0.364 e. The lowest BCUT2D eigenvalue weighted by molar-refractivity contribution is 0.569. The number of hydrogen-bond acceptors (Lipinski definition) is 2. The van der Waals surface area contributed by atoms with Gasteiger partial charge in [-0.2, -0.15) is 0 Å². The predicted octanol–water partition coefficient (Wildman–Crippen LogP) is 5.41. The summed E-state index contributed by atoms with van der Waals surface area (Å²) in [6.07, 6.45) is 0. The minimum atomic E-state index is -0.191. The Labute approximate surface area is 153 Å². The third-order valence-electron chi connectivity index (χ3n) is 4.98. The van der Waals surface area contributed by atoms with Gasteiger partial charge < -0.3 is 5.32 Å². The maximum absolute atomic E-state index is 14.3. The predicted molar refractivity (Wildman–Crippen MR) is 104 cm³/mol. The van der Waals surface area contributed by atoms with Crippen LogP contribution in [0.3, 0.4) is 0 Å². The van der Waals surface area contributed by atoms with Gasteiger partial charge in [-0.3, -0.25) is 4.99 Å². The van der Waals surface area contributed by atoms with Gasteiger partial charge in [0.15, 0.2) is 0 Å². The van der Waals surface area contributed by atoms with Crippen molar-refractivity contribution in [1.29, 1.82) is 0 Å². The van der Waals surface area contributed by atoms with E-state index in [1.54, 1.807) is 6.07 Å². The Morgan fingerprint density at radius 1 is 0.808 bits per heavy atom. The number of aliphatic imine (C=N–C) groups is 1. The van der Waals surface area contributed by atoms with Gasteiger partial charge in [-0.25, -0.2) is 4.39 Å². The fourth-order valence-electron chi connectivity index (χ4n) is 3.55. The number of halogens is 1. The van der Waals surface area contributed by atoms with Crippen LogP contribution in [-0.2, 0) is 0 Å². The summed E-state index contributed by atoms with van der Waals surface area (Å²) in [6.45, 7) is 2.00. The van der Waals surface area contributed by atoms with E-state index < -0.39 is 0 Å². The van der Waals surface area contributed by atoms with E-state index in [2.05, 4.69) is 29.6 Å². The molecule has 3 aromatic carbocycles. The summed E-state index contributed by atoms with van der Waals surface area (Å²) in [6, 6.07) is 27.5. The van der Waals surface area contributed by atoms with Crippen LogP contribution in [0.25, 0.3) is 0 Å². The Morgan fingerprint density at radius 2 is 1.38 bits per heavy atom. The SMILES string of the molecule is CC(C1=NC(c2ccccc2)C(c2ccccc2)N1)c1ccccc1F. The van der Waals surface area contributed by atoms with Crippen LogP contribution < -0.4 is 5.32 Å². The van der Waals surface area contributed by atoms with Crippen LogP contribution in [0.5, 0.6) is 0 Å². The number of rotatable bonds is 4. The van der Waals surface area contributed by atoms with Gasteiger partial charge in [-0.05, 0) is 22.8 Å². The molecule has 0 amide bonds. The molecular weight excluding hydrogens is 323 g/mol. The van der Waals surface area contributed by atoms with E-state index in [0.717, 1.165) is 11.4 Å². The molecule has 2 nitrogen and oxygen atoms in total. The Bertz CT molecular complexity index is 906. The van der Waals surface area contributed by atoms with Crippen LogP contribution in [0.4, 0.5) is 4.39 Å². The van der Waals surface area contributed by atoms with Gasteiger partial charge in [-0.15, -0.1) is 0 Å². The van der Waals surface area contributed by atoms with E-state index in [9.17, 15) is 4.39 Å². The Hall–Kier alpha value is -2.94. The summed E-state index contributed by atoms with van der Waals surface area (Å²) < 4.78 is 14.3. The van der Waals surface area contributed by atoms with Gasteiger partial charge >= 0.3 is 0 Å². The van der Waals surface area contributed by atoms with Crippen molar-refractivity contribution in [2.24, 2.45) is 4.99 Å². The molecule has 4 rings (SSSR count). The third-order valence-corrected chi connectivity index (χ3v) is 4.98. The molecule has 0 spiro atoms. The molecule has 0 saturated heterocycles. The van der Waals surface area contributed by atoms with Crippen molar-refractivity contribution in [2.75, 3.05) is 0 Å². The molecule has 0 radical (unpaired) electrons. The highest BCUT2D eigenvalue weighted by atomic mass is 19.1. The highest BCUT2D eigenvalue weighted by Crippen LogP contribution is 2.38. The summed E-state index contributed by atoms with van der Waals surface area (Å²) in [4.78, 5) is 4.97. The van der Waals surface area contributed by atoms with E-state index in [1.165, 1.54) is 11.6 Å². The fraction of sp³-hybridized carbons (Fsp3) is 0.174. The number of nitrogens with zero attached hydrogens (tertiary/aromatic N) is 1. The van der Waals surface area contributed by atoms with Crippen LogP contribution in [0.15, 0.2) is 89.9 Å². The maximum atomic E-state index is 14.3. The van der Waals surface area contributed by atoms with E-state index in [-0.39, 0.29) is 23.8 Å². The highest BCUT2D eigenvalue weighted by molar-refractivity contribution is 5.91. The first-order valence-corrected chi connectivity index (χ1v) is 8.92. The summed E-state index contributed by atoms with van der Waals surface area (Å²) in [7, 11) is 0. The number of benzene rings is 3. The first-order chi connectivity index (χ1) is 12.7. The van der Waals surface area contributed by atoms with Gasteiger partial charge in [0.25, 0.3) is 0 Å². The average Bonchev–Trinajstić information content (AvgIpc) is 3.15. The molecule has 1 heterocycles. The van der Waals surface area contributed by atoms with E-state index in [4.69, 9.17) is 4.99 Å². The van der Waals surface area contributed by atoms with E-state index in [0.29, 0.717) is 5.56 Å². The molecule has 1 aliphatic heterocycles. The van der Waals surface area contributed by atoms with Crippen molar-refractivity contribution >= 4 is 5.84 Å². The van der Waals surface area contributed by atoms with Gasteiger partial charge in [0.2, 0.25) is 0 Å². The molecule has 3 unspecified atom stereocenters. The van der Waals surface area contributed by atoms with Crippen molar-refractivity contribution in [2.45, 2.75) is 24.9 Å². The van der Waals surface area contributed by atoms with Gasteiger partial charge in [-0.1, -0.05) is 85.8 Å².